The zero-order valence-electron chi connectivity index (χ0n) is 8.00. The van der Waals surface area contributed by atoms with Crippen molar-refractivity contribution >= 4 is 0 Å². The predicted molar refractivity (Wildman–Crippen MR) is 48.3 cm³/mol. The van der Waals surface area contributed by atoms with Crippen molar-refractivity contribution in [1.29, 1.82) is 0 Å². The molecule has 1 fully saturated rings. The largest absolute Gasteiger partial charge is 0.392 e. The summed E-state index contributed by atoms with van der Waals surface area (Å²) in [6.45, 7) is -0.153. The van der Waals surface area contributed by atoms with E-state index in [-0.39, 0.29) is 12.6 Å². The van der Waals surface area contributed by atoms with Gasteiger partial charge in [0.15, 0.2) is 0 Å². The molecule has 1 aliphatic carbocycles. The van der Waals surface area contributed by atoms with Crippen molar-refractivity contribution in [1.82, 2.24) is 5.32 Å². The van der Waals surface area contributed by atoms with Crippen LogP contribution in [-0.4, -0.2) is 41.4 Å². The first-order chi connectivity index (χ1) is 6.61. The van der Waals surface area contributed by atoms with Crippen molar-refractivity contribution in [2.45, 2.75) is 50.4 Å². The Hall–Kier alpha value is -0.260. The molecule has 1 saturated carbocycles. The van der Waals surface area contributed by atoms with Crippen molar-refractivity contribution in [3.8, 4) is 0 Å². The minimum absolute atomic E-state index is 0.142. The molecule has 3 nitrogen and oxygen atoms in total. The summed E-state index contributed by atoms with van der Waals surface area (Å²) in [5.41, 5.74) is 0. The normalized spacial score (nSPS) is 30.6. The second kappa shape index (κ2) is 5.58. The summed E-state index contributed by atoms with van der Waals surface area (Å²) in [5.74, 6) is 0. The Morgan fingerprint density at radius 3 is 2.50 bits per heavy atom. The molecule has 14 heavy (non-hydrogen) atoms. The van der Waals surface area contributed by atoms with Gasteiger partial charge < -0.3 is 15.5 Å². The quantitative estimate of drug-likeness (QED) is 0.632. The molecule has 1 unspecified atom stereocenters. The molecular formula is C9H17F2NO2. The van der Waals surface area contributed by atoms with Gasteiger partial charge in [0.25, 0.3) is 6.43 Å². The summed E-state index contributed by atoms with van der Waals surface area (Å²) < 4.78 is 23.9. The van der Waals surface area contributed by atoms with Gasteiger partial charge in [-0.1, -0.05) is 12.8 Å². The molecule has 84 valence electrons. The lowest BCUT2D eigenvalue weighted by atomic mass is 9.92. The maximum Gasteiger partial charge on any atom is 0.265 e. The highest BCUT2D eigenvalue weighted by molar-refractivity contribution is 4.81. The Morgan fingerprint density at radius 1 is 1.29 bits per heavy atom. The van der Waals surface area contributed by atoms with E-state index in [1.807, 2.05) is 0 Å². The van der Waals surface area contributed by atoms with Crippen molar-refractivity contribution in [2.75, 3.05) is 6.54 Å². The fraction of sp³-hybridized carbons (Fsp3) is 1.00. The molecule has 0 amide bonds. The Labute approximate surface area is 82.1 Å². The lowest BCUT2D eigenvalue weighted by Gasteiger charge is -2.29. The fourth-order valence-electron chi connectivity index (χ4n) is 1.71. The molecule has 3 atom stereocenters. The number of hydrogen-bond acceptors (Lipinski definition) is 3. The van der Waals surface area contributed by atoms with E-state index in [4.69, 9.17) is 5.11 Å². The number of nitrogens with one attached hydrogen (secondary N) is 1. The third kappa shape index (κ3) is 3.48. The molecule has 5 heteroatoms. The number of halogens is 2. The van der Waals surface area contributed by atoms with Gasteiger partial charge in [0.2, 0.25) is 0 Å². The summed E-state index contributed by atoms with van der Waals surface area (Å²) in [6, 6.07) is -0.142. The van der Waals surface area contributed by atoms with Crippen molar-refractivity contribution in [3.05, 3.63) is 0 Å². The molecule has 1 rings (SSSR count). The molecule has 0 aromatic carbocycles. The van der Waals surface area contributed by atoms with Crippen LogP contribution in [0.2, 0.25) is 0 Å². The van der Waals surface area contributed by atoms with Crippen molar-refractivity contribution in [2.24, 2.45) is 0 Å². The van der Waals surface area contributed by atoms with Crippen LogP contribution in [0, 0.1) is 0 Å². The standard InChI is InChI=1S/C9H17F2NO2/c10-9(11)8(14)5-12-6-3-1-2-4-7(6)13/h6-9,12-14H,1-5H2/t6-,7-,8?/m0/s1. The summed E-state index contributed by atoms with van der Waals surface area (Å²) in [7, 11) is 0. The molecule has 0 aromatic heterocycles. The van der Waals surface area contributed by atoms with Crippen LogP contribution in [-0.2, 0) is 0 Å². The van der Waals surface area contributed by atoms with E-state index in [1.54, 1.807) is 0 Å². The van der Waals surface area contributed by atoms with Gasteiger partial charge in [0, 0.05) is 12.6 Å². The monoisotopic (exact) mass is 209 g/mol. The predicted octanol–water partition coefficient (Wildman–Crippen LogP) is 0.505. The minimum atomic E-state index is -2.72. The summed E-state index contributed by atoms with van der Waals surface area (Å²) in [5, 5.41) is 21.1. The average molecular weight is 209 g/mol. The highest BCUT2D eigenvalue weighted by atomic mass is 19.3. The van der Waals surface area contributed by atoms with Gasteiger partial charge in [-0.3, -0.25) is 0 Å². The smallest absolute Gasteiger partial charge is 0.265 e. The lowest BCUT2D eigenvalue weighted by molar-refractivity contribution is -0.00972. The number of aliphatic hydroxyl groups excluding tert-OH is 2. The minimum Gasteiger partial charge on any atom is -0.392 e. The molecule has 3 N–H and O–H groups in total. The van der Waals surface area contributed by atoms with Gasteiger partial charge in [-0.25, -0.2) is 8.78 Å². The molecule has 0 bridgehead atoms. The number of rotatable bonds is 4. The van der Waals surface area contributed by atoms with E-state index in [0.29, 0.717) is 6.42 Å². The Balaban J connectivity index is 2.22. The highest BCUT2D eigenvalue weighted by Crippen LogP contribution is 2.18. The van der Waals surface area contributed by atoms with E-state index in [2.05, 4.69) is 5.32 Å². The zero-order chi connectivity index (χ0) is 10.6. The van der Waals surface area contributed by atoms with Crippen LogP contribution in [0.5, 0.6) is 0 Å². The van der Waals surface area contributed by atoms with E-state index in [0.717, 1.165) is 19.3 Å². The summed E-state index contributed by atoms with van der Waals surface area (Å²) in [6.07, 6.45) is -1.34. The van der Waals surface area contributed by atoms with E-state index in [1.165, 1.54) is 0 Å². The maximum absolute atomic E-state index is 11.9. The number of alkyl halides is 2. The summed E-state index contributed by atoms with van der Waals surface area (Å²) in [4.78, 5) is 0. The van der Waals surface area contributed by atoms with Crippen molar-refractivity contribution in [3.63, 3.8) is 0 Å². The van der Waals surface area contributed by atoms with Gasteiger partial charge in [0.05, 0.1) is 6.10 Å². The van der Waals surface area contributed by atoms with Crippen LogP contribution in [0.4, 0.5) is 8.78 Å². The lowest BCUT2D eigenvalue weighted by Crippen LogP contribution is -2.46. The SMILES string of the molecule is OC(CN[C@H]1CCCC[C@@H]1O)C(F)F. The molecule has 0 heterocycles. The zero-order valence-corrected chi connectivity index (χ0v) is 8.00. The van der Waals surface area contributed by atoms with Crippen molar-refractivity contribution < 1.29 is 19.0 Å². The third-order valence-corrected chi connectivity index (χ3v) is 2.61. The molecule has 0 saturated heterocycles. The number of hydrogen-bond donors (Lipinski definition) is 3. The van der Waals surface area contributed by atoms with Crippen LogP contribution in [0.1, 0.15) is 25.7 Å². The Bertz CT molecular complexity index is 169. The van der Waals surface area contributed by atoms with E-state index < -0.39 is 18.6 Å². The van der Waals surface area contributed by atoms with Crippen LogP contribution >= 0.6 is 0 Å². The fourth-order valence-corrected chi connectivity index (χ4v) is 1.71. The topological polar surface area (TPSA) is 52.5 Å². The van der Waals surface area contributed by atoms with Gasteiger partial charge in [0.1, 0.15) is 6.10 Å². The molecular weight excluding hydrogens is 192 g/mol. The molecule has 0 aromatic rings. The van der Waals surface area contributed by atoms with Gasteiger partial charge in [-0.2, -0.15) is 0 Å². The van der Waals surface area contributed by atoms with Crippen LogP contribution in [0.3, 0.4) is 0 Å². The van der Waals surface area contributed by atoms with Gasteiger partial charge in [-0.05, 0) is 12.8 Å². The van der Waals surface area contributed by atoms with Crippen LogP contribution < -0.4 is 5.32 Å². The van der Waals surface area contributed by atoms with Gasteiger partial charge >= 0.3 is 0 Å². The molecule has 0 spiro atoms. The van der Waals surface area contributed by atoms with E-state index >= 15 is 0 Å². The molecule has 0 radical (unpaired) electrons. The second-order valence-electron chi connectivity index (χ2n) is 3.77. The first kappa shape index (κ1) is 11.8. The van der Waals surface area contributed by atoms with Crippen LogP contribution in [0.15, 0.2) is 0 Å². The third-order valence-electron chi connectivity index (χ3n) is 2.61. The van der Waals surface area contributed by atoms with E-state index in [9.17, 15) is 13.9 Å². The van der Waals surface area contributed by atoms with Gasteiger partial charge in [-0.15, -0.1) is 0 Å². The Kier molecular flexibility index (Phi) is 4.71. The first-order valence-electron chi connectivity index (χ1n) is 4.99. The highest BCUT2D eigenvalue weighted by Gasteiger charge is 2.24. The molecule has 0 aliphatic heterocycles. The number of aliphatic hydroxyl groups is 2. The maximum atomic E-state index is 11.9. The Morgan fingerprint density at radius 2 is 1.93 bits per heavy atom. The second-order valence-corrected chi connectivity index (χ2v) is 3.77. The first-order valence-corrected chi connectivity index (χ1v) is 4.99. The molecule has 1 aliphatic rings. The summed E-state index contributed by atoms with van der Waals surface area (Å²) >= 11 is 0. The average Bonchev–Trinajstić information content (AvgIpc) is 2.16. The van der Waals surface area contributed by atoms with Crippen LogP contribution in [0.25, 0.3) is 0 Å².